The second-order valence-corrected chi connectivity index (χ2v) is 13.0. The van der Waals surface area contributed by atoms with Crippen molar-refractivity contribution in [3.05, 3.63) is 76.1 Å². The van der Waals surface area contributed by atoms with Gasteiger partial charge in [-0.1, -0.05) is 35.3 Å². The summed E-state index contributed by atoms with van der Waals surface area (Å²) in [4.78, 5) is 36.9. The summed E-state index contributed by atoms with van der Waals surface area (Å²) in [6.07, 6.45) is 3.36. The van der Waals surface area contributed by atoms with Crippen molar-refractivity contribution in [2.24, 2.45) is 10.7 Å². The molecule has 0 aliphatic heterocycles. The lowest BCUT2D eigenvalue weighted by Crippen LogP contribution is -2.31. The number of aromatic carboxylic acids is 1. The Morgan fingerprint density at radius 3 is 2.79 bits per heavy atom. The summed E-state index contributed by atoms with van der Waals surface area (Å²) in [6.45, 7) is 2.71. The highest BCUT2D eigenvalue weighted by molar-refractivity contribution is 7.31. The molecule has 0 saturated carbocycles. The number of aryl methyl sites for hydroxylation is 1. The molecule has 6 N–H and O–H groups in total. The van der Waals surface area contributed by atoms with Gasteiger partial charge in [-0.05, 0) is 81.4 Å². The predicted molar refractivity (Wildman–Crippen MR) is 190 cm³/mol. The van der Waals surface area contributed by atoms with E-state index in [9.17, 15) is 19.2 Å². The first kappa shape index (κ1) is 35.6. The number of para-hydroxylation sites is 1. The summed E-state index contributed by atoms with van der Waals surface area (Å²) in [7, 11) is 1.52. The maximum atomic E-state index is 14.5. The monoisotopic (exact) mass is 695 g/mol. The quantitative estimate of drug-likeness (QED) is 0.0351. The molecule has 0 bridgehead atoms. The molecule has 11 nitrogen and oxygen atoms in total. The van der Waals surface area contributed by atoms with Crippen molar-refractivity contribution >= 4 is 69.6 Å². The van der Waals surface area contributed by atoms with E-state index in [1.54, 1.807) is 31.0 Å². The van der Waals surface area contributed by atoms with Crippen molar-refractivity contribution in [2.75, 3.05) is 37.8 Å². The van der Waals surface area contributed by atoms with Crippen LogP contribution in [-0.4, -0.2) is 70.5 Å². The number of halogens is 1. The summed E-state index contributed by atoms with van der Waals surface area (Å²) in [5, 5.41) is 22.5. The minimum absolute atomic E-state index is 0.0429. The van der Waals surface area contributed by atoms with E-state index < -0.39 is 11.8 Å². The first-order valence-corrected chi connectivity index (χ1v) is 17.4. The zero-order valence-electron chi connectivity index (χ0n) is 25.8. The number of fused-ring (bicyclic) bond motifs is 1. The summed E-state index contributed by atoms with van der Waals surface area (Å²) in [6, 6.07) is 12.2. The van der Waals surface area contributed by atoms with Crippen LogP contribution in [-0.2, 0) is 6.42 Å². The molecule has 0 spiro atoms. The fourth-order valence-electron chi connectivity index (χ4n) is 4.23. The number of anilines is 1. The molecular formula is C32H35FN7O4PS2. The van der Waals surface area contributed by atoms with E-state index in [1.165, 1.54) is 34.8 Å². The van der Waals surface area contributed by atoms with E-state index in [1.807, 2.05) is 24.3 Å². The molecule has 0 saturated heterocycles. The van der Waals surface area contributed by atoms with E-state index >= 15 is 0 Å². The van der Waals surface area contributed by atoms with Crippen LogP contribution in [0.2, 0.25) is 0 Å². The van der Waals surface area contributed by atoms with Crippen molar-refractivity contribution < 1.29 is 23.9 Å². The van der Waals surface area contributed by atoms with Crippen LogP contribution < -0.4 is 20.7 Å². The highest BCUT2D eigenvalue weighted by Gasteiger charge is 2.23. The molecule has 4 aromatic rings. The van der Waals surface area contributed by atoms with E-state index in [-0.39, 0.29) is 38.5 Å². The molecule has 0 radical (unpaired) electrons. The zero-order valence-corrected chi connectivity index (χ0v) is 28.5. The van der Waals surface area contributed by atoms with Gasteiger partial charge in [-0.3, -0.25) is 5.41 Å². The minimum atomic E-state index is -1.19. The molecule has 47 heavy (non-hydrogen) atoms. The number of aliphatic imine (C=N–C) groups is 1. The molecule has 2 aromatic heterocycles. The third-order valence-corrected chi connectivity index (χ3v) is 9.22. The number of rotatable bonds is 15. The van der Waals surface area contributed by atoms with Gasteiger partial charge in [0, 0.05) is 25.8 Å². The Morgan fingerprint density at radius 2 is 2.06 bits per heavy atom. The first-order chi connectivity index (χ1) is 22.7. The van der Waals surface area contributed by atoms with Gasteiger partial charge in [0.25, 0.3) is 0 Å². The van der Waals surface area contributed by atoms with E-state index in [4.69, 9.17) is 15.9 Å². The zero-order chi connectivity index (χ0) is 33.8. The fourth-order valence-corrected chi connectivity index (χ4v) is 6.53. The number of thiazole rings is 2. The van der Waals surface area contributed by atoms with Gasteiger partial charge in [-0.2, -0.15) is 0 Å². The number of carboxylic acid groups (broad SMARTS) is 1. The van der Waals surface area contributed by atoms with Crippen molar-refractivity contribution in [1.82, 2.24) is 15.3 Å². The van der Waals surface area contributed by atoms with Gasteiger partial charge in [0.15, 0.2) is 22.4 Å². The van der Waals surface area contributed by atoms with Crippen LogP contribution in [0.4, 0.5) is 14.7 Å². The molecule has 0 aliphatic carbocycles. The highest BCUT2D eigenvalue weighted by Crippen LogP contribution is 2.30. The number of benzene rings is 2. The first-order valence-electron chi connectivity index (χ1n) is 14.6. The van der Waals surface area contributed by atoms with E-state index in [0.29, 0.717) is 64.8 Å². The number of aromatic nitrogens is 2. The SMILES string of the molecule is CNCC#Cc1ccc(OCCCc2sc(N(CCCPO)C(=N)/C=C(/C)C(N)=Nc3nc4ccccc4s3)nc2C(=O)O)c(F)c1. The summed E-state index contributed by atoms with van der Waals surface area (Å²) in [5.41, 5.74) is 8.04. The molecular weight excluding hydrogens is 661 g/mol. The fraction of sp³-hybridized carbons (Fsp3) is 0.281. The summed E-state index contributed by atoms with van der Waals surface area (Å²) >= 11 is 2.57. The molecule has 15 heteroatoms. The van der Waals surface area contributed by atoms with E-state index in [0.717, 1.165) is 10.2 Å². The van der Waals surface area contributed by atoms with E-state index in [2.05, 4.69) is 32.1 Å². The lowest BCUT2D eigenvalue weighted by atomic mass is 10.2. The molecule has 2 aromatic carbocycles. The smallest absolute Gasteiger partial charge is 0.355 e. The van der Waals surface area contributed by atoms with Crippen LogP contribution in [0.25, 0.3) is 10.2 Å². The third kappa shape index (κ3) is 10.1. The largest absolute Gasteiger partial charge is 0.491 e. The van der Waals surface area contributed by atoms with Gasteiger partial charge >= 0.3 is 5.97 Å². The molecule has 2 heterocycles. The van der Waals surface area contributed by atoms with Gasteiger partial charge < -0.3 is 30.7 Å². The Labute approximate surface area is 281 Å². The van der Waals surface area contributed by atoms with Crippen molar-refractivity contribution in [3.8, 4) is 17.6 Å². The van der Waals surface area contributed by atoms with Crippen molar-refractivity contribution in [2.45, 2.75) is 26.2 Å². The number of nitrogens with two attached hydrogens (primary N) is 1. The molecule has 0 fully saturated rings. The van der Waals surface area contributed by atoms with Crippen LogP contribution in [0.1, 0.15) is 40.7 Å². The van der Waals surface area contributed by atoms with Gasteiger partial charge in [-0.25, -0.2) is 24.1 Å². The second-order valence-electron chi connectivity index (χ2n) is 10.1. The predicted octanol–water partition coefficient (Wildman–Crippen LogP) is 5.57. The molecule has 0 aliphatic rings. The molecule has 1 atom stereocenters. The number of amidine groups is 2. The van der Waals surface area contributed by atoms with Gasteiger partial charge in [-0.15, -0.1) is 11.3 Å². The lowest BCUT2D eigenvalue weighted by Gasteiger charge is -2.21. The Hall–Kier alpha value is -4.25. The van der Waals surface area contributed by atoms with Crippen LogP contribution >= 0.6 is 31.5 Å². The maximum absolute atomic E-state index is 14.5. The summed E-state index contributed by atoms with van der Waals surface area (Å²) in [5.74, 6) is 4.36. The topological polar surface area (TPSA) is 170 Å². The Morgan fingerprint density at radius 1 is 1.26 bits per heavy atom. The van der Waals surface area contributed by atoms with Gasteiger partial charge in [0.2, 0.25) is 5.13 Å². The Kier molecular flexibility index (Phi) is 13.3. The van der Waals surface area contributed by atoms with Gasteiger partial charge in [0.1, 0.15) is 11.7 Å². The maximum Gasteiger partial charge on any atom is 0.355 e. The molecule has 4 rings (SSSR count). The van der Waals surface area contributed by atoms with Gasteiger partial charge in [0.05, 0.1) is 23.4 Å². The van der Waals surface area contributed by atoms with Crippen LogP contribution in [0.5, 0.6) is 5.75 Å². The number of nitrogens with zero attached hydrogens (tertiary/aromatic N) is 4. The average Bonchev–Trinajstić information content (AvgIpc) is 3.66. The minimum Gasteiger partial charge on any atom is -0.491 e. The van der Waals surface area contributed by atoms with Crippen LogP contribution in [0.3, 0.4) is 0 Å². The Balaban J connectivity index is 1.47. The number of hydrogen-bond donors (Lipinski definition) is 5. The van der Waals surface area contributed by atoms with Crippen LogP contribution in [0, 0.1) is 23.1 Å². The molecule has 0 amide bonds. The lowest BCUT2D eigenvalue weighted by molar-refractivity contribution is 0.0690. The molecule has 246 valence electrons. The third-order valence-electron chi connectivity index (χ3n) is 6.57. The number of hydrogen-bond acceptors (Lipinski definition) is 10. The normalized spacial score (nSPS) is 12.0. The number of carbonyl (C=O) groups is 1. The number of ether oxygens (including phenoxy) is 1. The second kappa shape index (κ2) is 17.6. The standard InChI is InChI=1S/C32H35FN7O4PS2/c1-20(29(35)39-31-37-23-9-3-4-10-25(23)46-31)18-27(34)40(15-7-17-45-43)32-38-28(30(41)42)26(47-32)11-6-16-44-24-13-12-21(19-22(24)33)8-5-14-36-2/h3-4,9-10,12-13,18-19,34,36,43,45H,6-7,11,14-17H2,1-2H3,(H,41,42)(H2,35,37,39)/b20-18-,34-27?. The summed E-state index contributed by atoms with van der Waals surface area (Å²) < 4.78 is 21.1. The van der Waals surface area contributed by atoms with Crippen molar-refractivity contribution in [3.63, 3.8) is 0 Å². The Bertz CT molecular complexity index is 1810. The number of carboxylic acids is 1. The molecule has 1 unspecified atom stereocenters. The van der Waals surface area contributed by atoms with Crippen molar-refractivity contribution in [1.29, 1.82) is 5.41 Å². The number of nitrogens with one attached hydrogen (secondary N) is 2. The van der Waals surface area contributed by atoms with Crippen LogP contribution in [0.15, 0.2) is 59.1 Å². The highest BCUT2D eigenvalue weighted by atomic mass is 32.1. The average molecular weight is 696 g/mol.